The Morgan fingerprint density at radius 1 is 0.824 bits per heavy atom. The van der Waals surface area contributed by atoms with Gasteiger partial charge < -0.3 is 0 Å². The van der Waals surface area contributed by atoms with Crippen LogP contribution in [0.5, 0.6) is 0 Å². The number of carbonyl (C=O) groups is 4. The van der Waals surface area contributed by atoms with E-state index in [0.717, 1.165) is 9.80 Å². The molecule has 0 saturated carbocycles. The predicted molar refractivity (Wildman–Crippen MR) is 60.7 cm³/mol. The molecule has 4 amide bonds. The monoisotopic (exact) mass is 242 g/mol. The van der Waals surface area contributed by atoms with Crippen molar-refractivity contribution in [2.24, 2.45) is 0 Å². The summed E-state index contributed by atoms with van der Waals surface area (Å²) in [6.45, 7) is 6.69. The van der Waals surface area contributed by atoms with Crippen molar-refractivity contribution in [3.63, 3.8) is 0 Å². The van der Waals surface area contributed by atoms with E-state index in [1.165, 1.54) is 27.7 Å². The van der Waals surface area contributed by atoms with Gasteiger partial charge in [-0.3, -0.25) is 29.0 Å². The fourth-order valence-corrected chi connectivity index (χ4v) is 1.67. The van der Waals surface area contributed by atoms with Crippen molar-refractivity contribution >= 4 is 23.6 Å². The third kappa shape index (κ3) is 4.34. The van der Waals surface area contributed by atoms with Crippen molar-refractivity contribution in [3.05, 3.63) is 0 Å². The molecule has 0 aromatic rings. The Bertz CT molecular complexity index is 323. The highest BCUT2D eigenvalue weighted by molar-refractivity contribution is 5.94. The Hall–Kier alpha value is -1.72. The van der Waals surface area contributed by atoms with Crippen LogP contribution in [-0.4, -0.2) is 46.0 Å². The van der Waals surface area contributed by atoms with E-state index in [0.29, 0.717) is 0 Å². The average molecular weight is 242 g/mol. The highest BCUT2D eigenvalue weighted by atomic mass is 16.2. The molecule has 1 atom stereocenters. The van der Waals surface area contributed by atoms with E-state index in [1.54, 1.807) is 6.92 Å². The van der Waals surface area contributed by atoms with Gasteiger partial charge in [-0.2, -0.15) is 0 Å². The minimum atomic E-state index is -0.530. The van der Waals surface area contributed by atoms with Crippen molar-refractivity contribution < 1.29 is 19.2 Å². The molecule has 6 nitrogen and oxygen atoms in total. The van der Waals surface area contributed by atoms with Gasteiger partial charge in [-0.25, -0.2) is 0 Å². The summed E-state index contributed by atoms with van der Waals surface area (Å²) >= 11 is 0. The van der Waals surface area contributed by atoms with Crippen LogP contribution in [0.25, 0.3) is 0 Å². The summed E-state index contributed by atoms with van der Waals surface area (Å²) in [6, 6.07) is -0.530. The Balaban J connectivity index is 4.86. The van der Waals surface area contributed by atoms with Gasteiger partial charge in [0.25, 0.3) is 0 Å². The zero-order valence-corrected chi connectivity index (χ0v) is 10.8. The maximum atomic E-state index is 11.3. The Kier molecular flexibility index (Phi) is 5.50. The lowest BCUT2D eigenvalue weighted by atomic mass is 10.2. The topological polar surface area (TPSA) is 74.8 Å². The van der Waals surface area contributed by atoms with Crippen LogP contribution >= 0.6 is 0 Å². The summed E-state index contributed by atoms with van der Waals surface area (Å²) in [6.07, 6.45) is 0. The van der Waals surface area contributed by atoms with Crippen molar-refractivity contribution in [1.82, 2.24) is 9.80 Å². The Labute approximate surface area is 101 Å². The van der Waals surface area contributed by atoms with Gasteiger partial charge in [0, 0.05) is 34.2 Å². The molecule has 0 radical (unpaired) electrons. The van der Waals surface area contributed by atoms with E-state index >= 15 is 0 Å². The zero-order valence-electron chi connectivity index (χ0n) is 10.8. The SMILES string of the molecule is CC(=O)N(CC(C)N(C(C)=O)C(C)=O)C(C)=O. The fraction of sp³-hybridized carbons (Fsp3) is 0.636. The summed E-state index contributed by atoms with van der Waals surface area (Å²) in [5.74, 6) is -1.62. The van der Waals surface area contributed by atoms with Gasteiger partial charge in [0.15, 0.2) is 0 Å². The second-order valence-corrected chi connectivity index (χ2v) is 3.91. The van der Waals surface area contributed by atoms with Crippen molar-refractivity contribution in [2.75, 3.05) is 6.54 Å². The summed E-state index contributed by atoms with van der Waals surface area (Å²) in [5.41, 5.74) is 0. The molecule has 0 spiro atoms. The van der Waals surface area contributed by atoms with Crippen LogP contribution in [0.4, 0.5) is 0 Å². The van der Waals surface area contributed by atoms with E-state index in [-0.39, 0.29) is 6.54 Å². The minimum Gasteiger partial charge on any atom is -0.281 e. The van der Waals surface area contributed by atoms with Gasteiger partial charge in [0.05, 0.1) is 6.04 Å². The van der Waals surface area contributed by atoms with Gasteiger partial charge >= 0.3 is 0 Å². The van der Waals surface area contributed by atoms with E-state index < -0.39 is 29.7 Å². The normalized spacial score (nSPS) is 11.6. The quantitative estimate of drug-likeness (QED) is 0.706. The predicted octanol–water partition coefficient (Wildman–Crippen LogP) is 0.165. The molecular weight excluding hydrogens is 224 g/mol. The standard InChI is InChI=1S/C11H18N2O4/c1-7(13(10(4)16)11(5)17)6-12(8(2)14)9(3)15/h7H,6H2,1-5H3. The number of imide groups is 2. The van der Waals surface area contributed by atoms with Crippen molar-refractivity contribution in [2.45, 2.75) is 40.7 Å². The smallest absolute Gasteiger partial charge is 0.226 e. The third-order valence-corrected chi connectivity index (χ3v) is 2.33. The molecule has 0 rings (SSSR count). The van der Waals surface area contributed by atoms with Crippen LogP contribution in [0.3, 0.4) is 0 Å². The summed E-state index contributed by atoms with van der Waals surface area (Å²) in [4.78, 5) is 47.0. The first-order valence-electron chi connectivity index (χ1n) is 5.27. The van der Waals surface area contributed by atoms with E-state index in [9.17, 15) is 19.2 Å². The maximum Gasteiger partial charge on any atom is 0.226 e. The molecule has 1 unspecified atom stereocenters. The fourth-order valence-electron chi connectivity index (χ4n) is 1.67. The highest BCUT2D eigenvalue weighted by Crippen LogP contribution is 2.04. The summed E-state index contributed by atoms with van der Waals surface area (Å²) < 4.78 is 0. The largest absolute Gasteiger partial charge is 0.281 e. The van der Waals surface area contributed by atoms with E-state index in [4.69, 9.17) is 0 Å². The van der Waals surface area contributed by atoms with Crippen LogP contribution in [0.15, 0.2) is 0 Å². The van der Waals surface area contributed by atoms with E-state index in [2.05, 4.69) is 0 Å². The molecule has 0 aliphatic heterocycles. The molecule has 17 heavy (non-hydrogen) atoms. The maximum absolute atomic E-state index is 11.3. The van der Waals surface area contributed by atoms with Crippen LogP contribution in [-0.2, 0) is 19.2 Å². The van der Waals surface area contributed by atoms with Gasteiger partial charge in [0.2, 0.25) is 23.6 Å². The number of hydrogen-bond acceptors (Lipinski definition) is 4. The molecular formula is C11H18N2O4. The minimum absolute atomic E-state index is 0.0177. The highest BCUT2D eigenvalue weighted by Gasteiger charge is 2.25. The molecule has 0 aromatic carbocycles. The van der Waals surface area contributed by atoms with E-state index in [1.807, 2.05) is 0 Å². The number of hydrogen-bond donors (Lipinski definition) is 0. The number of nitrogens with zero attached hydrogens (tertiary/aromatic N) is 2. The molecule has 0 bridgehead atoms. The molecule has 6 heteroatoms. The summed E-state index contributed by atoms with van der Waals surface area (Å²) in [7, 11) is 0. The second-order valence-electron chi connectivity index (χ2n) is 3.91. The van der Waals surface area contributed by atoms with Crippen molar-refractivity contribution in [3.8, 4) is 0 Å². The van der Waals surface area contributed by atoms with Crippen LogP contribution in [0.1, 0.15) is 34.6 Å². The molecule has 0 saturated heterocycles. The molecule has 0 fully saturated rings. The Morgan fingerprint density at radius 2 is 1.18 bits per heavy atom. The van der Waals surface area contributed by atoms with Crippen molar-refractivity contribution in [1.29, 1.82) is 0 Å². The lowest BCUT2D eigenvalue weighted by Gasteiger charge is -2.29. The van der Waals surface area contributed by atoms with Gasteiger partial charge in [-0.05, 0) is 6.92 Å². The molecule has 0 heterocycles. The molecule has 0 aromatic heterocycles. The lowest BCUT2D eigenvalue weighted by molar-refractivity contribution is -0.150. The van der Waals surface area contributed by atoms with Gasteiger partial charge in [0.1, 0.15) is 0 Å². The molecule has 96 valence electrons. The first-order valence-corrected chi connectivity index (χ1v) is 5.27. The average Bonchev–Trinajstić information content (AvgIpc) is 2.11. The molecule has 0 aliphatic rings. The number of amides is 4. The first kappa shape index (κ1) is 15.3. The number of rotatable bonds is 3. The van der Waals surface area contributed by atoms with Crippen LogP contribution < -0.4 is 0 Å². The summed E-state index contributed by atoms with van der Waals surface area (Å²) in [5, 5.41) is 0. The zero-order chi connectivity index (χ0) is 13.7. The second kappa shape index (κ2) is 6.12. The lowest BCUT2D eigenvalue weighted by Crippen LogP contribution is -2.49. The third-order valence-electron chi connectivity index (χ3n) is 2.33. The van der Waals surface area contributed by atoms with Gasteiger partial charge in [-0.15, -0.1) is 0 Å². The first-order chi connectivity index (χ1) is 7.68. The molecule has 0 N–H and O–H groups in total. The Morgan fingerprint density at radius 3 is 1.41 bits per heavy atom. The molecule has 0 aliphatic carbocycles. The number of carbonyl (C=O) groups excluding carboxylic acids is 4. The van der Waals surface area contributed by atoms with Crippen LogP contribution in [0.2, 0.25) is 0 Å². The van der Waals surface area contributed by atoms with Gasteiger partial charge in [-0.1, -0.05) is 0 Å². The van der Waals surface area contributed by atoms with Crippen LogP contribution in [0, 0.1) is 0 Å².